The molecule has 3 rings (SSSR count). The fraction of sp³-hybridized carbons (Fsp3) is 0.0714. The van der Waals surface area contributed by atoms with E-state index in [2.05, 4.69) is 4.98 Å². The largest absolute Gasteiger partial charge is 0.508 e. The Hall–Kier alpha value is -2.69. The molecule has 5 nitrogen and oxygen atoms in total. The van der Waals surface area contributed by atoms with Gasteiger partial charge in [0.2, 0.25) is 0 Å². The maximum atomic E-state index is 9.20. The molecule has 0 spiro atoms. The van der Waals surface area contributed by atoms with Crippen molar-refractivity contribution in [2.75, 3.05) is 5.73 Å². The molecule has 0 aliphatic carbocycles. The van der Waals surface area contributed by atoms with Gasteiger partial charge in [0.1, 0.15) is 29.6 Å². The van der Waals surface area contributed by atoms with Gasteiger partial charge in [-0.2, -0.15) is 0 Å². The highest BCUT2D eigenvalue weighted by Crippen LogP contribution is 2.18. The van der Waals surface area contributed by atoms with Crippen molar-refractivity contribution < 1.29 is 9.84 Å². The number of hydrogen-bond acceptors (Lipinski definition) is 4. The smallest absolute Gasteiger partial charge is 0.138 e. The number of benzene rings is 1. The first-order valence-electron chi connectivity index (χ1n) is 5.87. The number of imidazole rings is 1. The van der Waals surface area contributed by atoms with E-state index in [0.717, 1.165) is 11.3 Å². The number of ether oxygens (including phenoxy) is 1. The van der Waals surface area contributed by atoms with Crippen molar-refractivity contribution in [2.45, 2.75) is 6.61 Å². The molecule has 0 saturated carbocycles. The van der Waals surface area contributed by atoms with Crippen LogP contribution in [0.15, 0.2) is 48.7 Å². The standard InChI is InChI=1S/C14H13N3O2/c15-13-2-1-3-14-16-8-10(17(13)14)9-19-12-6-4-11(18)5-7-12/h1-8,18H,9,15H2. The Morgan fingerprint density at radius 3 is 2.74 bits per heavy atom. The molecule has 0 aliphatic heterocycles. The fourth-order valence-corrected chi connectivity index (χ4v) is 1.93. The first-order chi connectivity index (χ1) is 9.24. The summed E-state index contributed by atoms with van der Waals surface area (Å²) in [6.07, 6.45) is 1.74. The van der Waals surface area contributed by atoms with Crippen LogP contribution in [0, 0.1) is 0 Å². The van der Waals surface area contributed by atoms with Crippen molar-refractivity contribution in [3.63, 3.8) is 0 Å². The molecule has 0 radical (unpaired) electrons. The Balaban J connectivity index is 1.84. The molecule has 3 N–H and O–H groups in total. The maximum absolute atomic E-state index is 9.20. The average molecular weight is 255 g/mol. The van der Waals surface area contributed by atoms with Crippen molar-refractivity contribution in [3.05, 3.63) is 54.4 Å². The molecule has 1 aromatic carbocycles. The molecule has 5 heteroatoms. The van der Waals surface area contributed by atoms with Gasteiger partial charge in [0.25, 0.3) is 0 Å². The zero-order valence-corrected chi connectivity index (χ0v) is 10.2. The number of aromatic nitrogens is 2. The van der Waals surface area contributed by atoms with Gasteiger partial charge in [0.05, 0.1) is 11.9 Å². The second kappa shape index (κ2) is 4.53. The molecular formula is C14H13N3O2. The summed E-state index contributed by atoms with van der Waals surface area (Å²) in [5.74, 6) is 1.52. The van der Waals surface area contributed by atoms with E-state index in [-0.39, 0.29) is 5.75 Å². The van der Waals surface area contributed by atoms with Crippen LogP contribution in [0.2, 0.25) is 0 Å². The van der Waals surface area contributed by atoms with E-state index in [4.69, 9.17) is 10.5 Å². The predicted molar refractivity (Wildman–Crippen MR) is 72.0 cm³/mol. The van der Waals surface area contributed by atoms with Gasteiger partial charge in [-0.05, 0) is 36.4 Å². The number of rotatable bonds is 3. The van der Waals surface area contributed by atoms with Crippen molar-refractivity contribution in [1.82, 2.24) is 9.38 Å². The zero-order chi connectivity index (χ0) is 13.2. The third-order valence-electron chi connectivity index (χ3n) is 2.86. The number of nitrogens with two attached hydrogens (primary N) is 1. The predicted octanol–water partition coefficient (Wildman–Crippen LogP) is 2.20. The summed E-state index contributed by atoms with van der Waals surface area (Å²) in [6.45, 7) is 0.361. The fourth-order valence-electron chi connectivity index (χ4n) is 1.93. The van der Waals surface area contributed by atoms with Gasteiger partial charge >= 0.3 is 0 Å². The summed E-state index contributed by atoms with van der Waals surface area (Å²) in [7, 11) is 0. The van der Waals surface area contributed by atoms with Crippen LogP contribution >= 0.6 is 0 Å². The summed E-state index contributed by atoms with van der Waals surface area (Å²) in [6, 6.07) is 12.2. The van der Waals surface area contributed by atoms with Crippen molar-refractivity contribution >= 4 is 11.5 Å². The van der Waals surface area contributed by atoms with Crippen LogP contribution in [0.3, 0.4) is 0 Å². The molecule has 0 fully saturated rings. The minimum atomic E-state index is 0.214. The Bertz CT molecular complexity index is 704. The van der Waals surface area contributed by atoms with Crippen molar-refractivity contribution in [1.29, 1.82) is 0 Å². The van der Waals surface area contributed by atoms with Crippen LogP contribution in [-0.2, 0) is 6.61 Å². The molecule has 0 unspecified atom stereocenters. The van der Waals surface area contributed by atoms with Crippen LogP contribution in [0.4, 0.5) is 5.82 Å². The van der Waals surface area contributed by atoms with Crippen LogP contribution in [0.1, 0.15) is 5.69 Å². The third-order valence-corrected chi connectivity index (χ3v) is 2.86. The number of phenols is 1. The number of aromatic hydroxyl groups is 1. The Labute approximate surface area is 109 Å². The molecule has 19 heavy (non-hydrogen) atoms. The number of nitrogens with zero attached hydrogens (tertiary/aromatic N) is 2. The number of anilines is 1. The maximum Gasteiger partial charge on any atom is 0.138 e. The summed E-state index contributed by atoms with van der Waals surface area (Å²) >= 11 is 0. The number of fused-ring (bicyclic) bond motifs is 1. The zero-order valence-electron chi connectivity index (χ0n) is 10.2. The lowest BCUT2D eigenvalue weighted by Crippen LogP contribution is -2.03. The van der Waals surface area contributed by atoms with E-state index in [0.29, 0.717) is 18.2 Å². The molecule has 2 heterocycles. The van der Waals surface area contributed by atoms with Gasteiger partial charge in [-0.1, -0.05) is 6.07 Å². The van der Waals surface area contributed by atoms with Gasteiger partial charge in [0, 0.05) is 0 Å². The Kier molecular flexibility index (Phi) is 2.72. The summed E-state index contributed by atoms with van der Waals surface area (Å²) in [5.41, 5.74) is 7.60. The highest BCUT2D eigenvalue weighted by molar-refractivity contribution is 5.49. The second-order valence-electron chi connectivity index (χ2n) is 4.18. The lowest BCUT2D eigenvalue weighted by atomic mass is 10.3. The monoisotopic (exact) mass is 255 g/mol. The molecule has 3 aromatic rings. The van der Waals surface area contributed by atoms with Gasteiger partial charge in [-0.25, -0.2) is 4.98 Å². The van der Waals surface area contributed by atoms with Gasteiger partial charge in [-0.3, -0.25) is 4.40 Å². The van der Waals surface area contributed by atoms with Crippen molar-refractivity contribution in [3.8, 4) is 11.5 Å². The van der Waals surface area contributed by atoms with E-state index in [9.17, 15) is 5.11 Å². The average Bonchev–Trinajstić information content (AvgIpc) is 2.83. The number of phenolic OH excluding ortho intramolecular Hbond substituents is 1. The molecule has 0 saturated heterocycles. The third kappa shape index (κ3) is 2.18. The topological polar surface area (TPSA) is 72.8 Å². The highest BCUT2D eigenvalue weighted by Gasteiger charge is 2.06. The van der Waals surface area contributed by atoms with Gasteiger partial charge in [0.15, 0.2) is 0 Å². The Morgan fingerprint density at radius 1 is 1.16 bits per heavy atom. The van der Waals surface area contributed by atoms with Crippen LogP contribution < -0.4 is 10.5 Å². The number of nitrogen functional groups attached to an aromatic ring is 1. The molecule has 0 aliphatic rings. The lowest BCUT2D eigenvalue weighted by Gasteiger charge is -2.07. The molecule has 0 bridgehead atoms. The SMILES string of the molecule is Nc1cccc2ncc(COc3ccc(O)cc3)n12. The summed E-state index contributed by atoms with van der Waals surface area (Å²) < 4.78 is 7.49. The Morgan fingerprint density at radius 2 is 1.95 bits per heavy atom. The second-order valence-corrected chi connectivity index (χ2v) is 4.18. The molecule has 96 valence electrons. The van der Waals surface area contributed by atoms with E-state index in [1.807, 2.05) is 22.6 Å². The first-order valence-corrected chi connectivity index (χ1v) is 5.87. The summed E-state index contributed by atoms with van der Waals surface area (Å²) in [5, 5.41) is 9.20. The molecular weight excluding hydrogens is 242 g/mol. The number of pyridine rings is 1. The van der Waals surface area contributed by atoms with Gasteiger partial charge < -0.3 is 15.6 Å². The molecule has 2 aromatic heterocycles. The molecule has 0 amide bonds. The lowest BCUT2D eigenvalue weighted by molar-refractivity contribution is 0.300. The van der Waals surface area contributed by atoms with Crippen LogP contribution in [0.25, 0.3) is 5.65 Å². The van der Waals surface area contributed by atoms with E-state index in [1.165, 1.54) is 0 Å². The summed E-state index contributed by atoms with van der Waals surface area (Å²) in [4.78, 5) is 4.27. The van der Waals surface area contributed by atoms with E-state index in [1.54, 1.807) is 30.5 Å². The minimum Gasteiger partial charge on any atom is -0.508 e. The van der Waals surface area contributed by atoms with Crippen LogP contribution in [-0.4, -0.2) is 14.5 Å². The van der Waals surface area contributed by atoms with E-state index >= 15 is 0 Å². The first kappa shape index (κ1) is 11.4. The number of hydrogen-bond donors (Lipinski definition) is 2. The van der Waals surface area contributed by atoms with Crippen molar-refractivity contribution in [2.24, 2.45) is 0 Å². The van der Waals surface area contributed by atoms with Gasteiger partial charge in [-0.15, -0.1) is 0 Å². The van der Waals surface area contributed by atoms with E-state index < -0.39 is 0 Å². The molecule has 0 atom stereocenters. The van der Waals surface area contributed by atoms with Crippen LogP contribution in [0.5, 0.6) is 11.5 Å². The quantitative estimate of drug-likeness (QED) is 0.752. The normalized spacial score (nSPS) is 10.7. The minimum absolute atomic E-state index is 0.214. The highest BCUT2D eigenvalue weighted by atomic mass is 16.5.